The summed E-state index contributed by atoms with van der Waals surface area (Å²) in [7, 11) is 2.20. The summed E-state index contributed by atoms with van der Waals surface area (Å²) in [6.07, 6.45) is 13.6. The molecular weight excluding hydrogens is 578 g/mol. The first kappa shape index (κ1) is 35.1. The van der Waals surface area contributed by atoms with Gasteiger partial charge >= 0.3 is 5.97 Å². The lowest BCUT2D eigenvalue weighted by Crippen LogP contribution is -3.00. The van der Waals surface area contributed by atoms with Crippen molar-refractivity contribution >= 4 is 5.97 Å². The monoisotopic (exact) mass is 639 g/mol. The molecule has 0 saturated heterocycles. The Balaban J connectivity index is 0.00000462. The first-order chi connectivity index (χ1) is 18.9. The Bertz CT molecular complexity index is 914. The number of ether oxygens (including phenoxy) is 1. The number of quaternary nitrogens is 1. The fourth-order valence-corrected chi connectivity index (χ4v) is 10.6. The fourth-order valence-electron chi connectivity index (χ4n) is 10.6. The molecule has 0 aliphatic heterocycles. The highest BCUT2D eigenvalue weighted by molar-refractivity contribution is 5.66. The highest BCUT2D eigenvalue weighted by Crippen LogP contribution is 2.68. The number of carbonyl (C=O) groups is 1. The molecule has 0 amide bonds. The number of nitrogens with zero attached hydrogens (tertiary/aromatic N) is 1. The second-order valence-electron chi connectivity index (χ2n) is 15.8. The van der Waals surface area contributed by atoms with Gasteiger partial charge in [-0.25, -0.2) is 0 Å². The molecule has 4 aliphatic rings. The van der Waals surface area contributed by atoms with Gasteiger partial charge in [0.05, 0.1) is 20.3 Å². The number of fused-ring (bicyclic) bond motifs is 5. The van der Waals surface area contributed by atoms with Gasteiger partial charge in [0, 0.05) is 13.3 Å². The molecule has 0 heterocycles. The lowest BCUT2D eigenvalue weighted by atomic mass is 9.46. The molecule has 0 aromatic heterocycles. The number of aliphatic hydroxyl groups is 2. The van der Waals surface area contributed by atoms with Crippen molar-refractivity contribution in [3.8, 4) is 0 Å². The zero-order valence-electron chi connectivity index (χ0n) is 27.4. The van der Waals surface area contributed by atoms with Crippen LogP contribution in [0.2, 0.25) is 0 Å². The summed E-state index contributed by atoms with van der Waals surface area (Å²) in [6.45, 7) is 16.5. The molecule has 6 heteroatoms. The van der Waals surface area contributed by atoms with E-state index in [2.05, 4.69) is 41.7 Å². The van der Waals surface area contributed by atoms with E-state index in [4.69, 9.17) is 4.74 Å². The average Bonchev–Trinajstić information content (AvgIpc) is 3.22. The minimum Gasteiger partial charge on any atom is -1.00 e. The molecule has 0 radical (unpaired) electrons. The molecule has 5 nitrogen and oxygen atoms in total. The van der Waals surface area contributed by atoms with Crippen LogP contribution in [0.15, 0.2) is 11.1 Å². The predicted octanol–water partition coefficient (Wildman–Crippen LogP) is 3.76. The minimum absolute atomic E-state index is 0. The third kappa shape index (κ3) is 7.28. The molecule has 4 rings (SSSR count). The number of rotatable bonds is 12. The Morgan fingerprint density at radius 1 is 0.976 bits per heavy atom. The van der Waals surface area contributed by atoms with Crippen LogP contribution in [0.5, 0.6) is 0 Å². The van der Waals surface area contributed by atoms with E-state index < -0.39 is 0 Å². The zero-order chi connectivity index (χ0) is 29.3. The van der Waals surface area contributed by atoms with Crippen LogP contribution in [0.1, 0.15) is 112 Å². The third-order valence-corrected chi connectivity index (χ3v) is 12.7. The van der Waals surface area contributed by atoms with Crippen LogP contribution in [-0.2, 0) is 9.53 Å². The van der Waals surface area contributed by atoms with Crippen LogP contribution in [0, 0.1) is 46.3 Å². The molecule has 238 valence electrons. The number of hydrogen-bond donors (Lipinski definition) is 2. The number of hydrogen-bond acceptors (Lipinski definition) is 4. The number of likely N-dealkylation sites (N-methyl/N-ethyl adjacent to an activating group) is 1. The van der Waals surface area contributed by atoms with Crippen molar-refractivity contribution in [3.63, 3.8) is 0 Å². The van der Waals surface area contributed by atoms with Crippen LogP contribution in [0.3, 0.4) is 0 Å². The Morgan fingerprint density at radius 3 is 2.27 bits per heavy atom. The fraction of sp³-hybridized carbons (Fsp3) is 0.914. The quantitative estimate of drug-likeness (QED) is 0.194. The SMILES string of the molecule is CC(=O)O[C@H]1CC[C@@]2(C)C(=C(C[N+](C)(CCO)CCO)C[C@H]3[C@@H]4CC[C@H]([C@H](C)CCCC(C)C)[C@@]4(C)CC[C@@H]32)C1.[Br-]. The van der Waals surface area contributed by atoms with Gasteiger partial charge in [0.2, 0.25) is 0 Å². The van der Waals surface area contributed by atoms with Gasteiger partial charge in [-0.2, -0.15) is 0 Å². The number of aliphatic hydroxyl groups excluding tert-OH is 2. The zero-order valence-corrected chi connectivity index (χ0v) is 29.0. The molecule has 2 N–H and O–H groups in total. The average molecular weight is 641 g/mol. The summed E-state index contributed by atoms with van der Waals surface area (Å²) in [5, 5.41) is 19.9. The number of carbonyl (C=O) groups excluding carboxylic acids is 1. The smallest absolute Gasteiger partial charge is 0.302 e. The minimum atomic E-state index is -0.168. The van der Waals surface area contributed by atoms with Gasteiger partial charge in [0.15, 0.2) is 0 Å². The second-order valence-corrected chi connectivity index (χ2v) is 15.8. The summed E-state index contributed by atoms with van der Waals surface area (Å²) in [4.78, 5) is 11.9. The molecular formula is C35H62BrNO4. The van der Waals surface area contributed by atoms with E-state index in [1.165, 1.54) is 44.9 Å². The van der Waals surface area contributed by atoms with Gasteiger partial charge in [0.25, 0.3) is 0 Å². The van der Waals surface area contributed by atoms with Crippen LogP contribution in [0.4, 0.5) is 0 Å². The van der Waals surface area contributed by atoms with E-state index in [0.717, 1.165) is 61.8 Å². The first-order valence-electron chi connectivity index (χ1n) is 16.8. The Morgan fingerprint density at radius 2 is 1.66 bits per heavy atom. The van der Waals surface area contributed by atoms with Gasteiger partial charge in [-0.05, 0) is 96.9 Å². The highest BCUT2D eigenvalue weighted by Gasteiger charge is 2.60. The Kier molecular flexibility index (Phi) is 12.1. The van der Waals surface area contributed by atoms with E-state index in [9.17, 15) is 15.0 Å². The maximum Gasteiger partial charge on any atom is 0.302 e. The summed E-state index contributed by atoms with van der Waals surface area (Å²) >= 11 is 0. The van der Waals surface area contributed by atoms with E-state index in [-0.39, 0.29) is 47.7 Å². The second kappa shape index (κ2) is 14.1. The highest BCUT2D eigenvalue weighted by atomic mass is 79.9. The standard InChI is InChI=1S/C35H62NO4.BrH/c1-24(2)9-8-10-25(3)30-11-12-31-29-21-27(23-36(7,17-19-37)18-20-38)33-22-28(40-26(4)39)13-15-35(33,6)32(29)14-16-34(30,31)5;/h24-25,28-32,37-38H,8-23H2,1-7H3;1H/q+1;/p-1/t25-,28+,29+,30-,31+,32+,34-,35-;/m1./s1. The molecule has 0 bridgehead atoms. The summed E-state index contributed by atoms with van der Waals surface area (Å²) in [5.41, 5.74) is 3.73. The molecule has 4 aliphatic carbocycles. The Labute approximate surface area is 262 Å². The number of esters is 1. The number of halogens is 1. The molecule has 41 heavy (non-hydrogen) atoms. The summed E-state index contributed by atoms with van der Waals surface area (Å²) in [6, 6.07) is 0. The lowest BCUT2D eigenvalue weighted by molar-refractivity contribution is -0.905. The van der Waals surface area contributed by atoms with Crippen molar-refractivity contribution in [2.24, 2.45) is 46.3 Å². The molecule has 3 fully saturated rings. The van der Waals surface area contributed by atoms with Crippen LogP contribution >= 0.6 is 0 Å². The summed E-state index contributed by atoms with van der Waals surface area (Å²) in [5.74, 6) is 4.51. The van der Waals surface area contributed by atoms with Crippen molar-refractivity contribution < 1.29 is 41.2 Å². The van der Waals surface area contributed by atoms with Gasteiger partial charge in [-0.3, -0.25) is 4.79 Å². The predicted molar refractivity (Wildman–Crippen MR) is 162 cm³/mol. The third-order valence-electron chi connectivity index (χ3n) is 12.7. The van der Waals surface area contributed by atoms with Crippen molar-refractivity contribution in [3.05, 3.63) is 11.1 Å². The first-order valence-corrected chi connectivity index (χ1v) is 16.8. The van der Waals surface area contributed by atoms with Gasteiger partial charge < -0.3 is 36.4 Å². The van der Waals surface area contributed by atoms with Gasteiger partial charge in [0.1, 0.15) is 25.7 Å². The van der Waals surface area contributed by atoms with E-state index in [1.54, 1.807) is 18.1 Å². The van der Waals surface area contributed by atoms with Crippen LogP contribution in [-0.4, -0.2) is 66.7 Å². The van der Waals surface area contributed by atoms with Crippen molar-refractivity contribution in [1.29, 1.82) is 0 Å². The van der Waals surface area contributed by atoms with Crippen LogP contribution in [0.25, 0.3) is 0 Å². The molecule has 0 unspecified atom stereocenters. The van der Waals surface area contributed by atoms with Gasteiger partial charge in [-0.15, -0.1) is 0 Å². The van der Waals surface area contributed by atoms with E-state index in [1.807, 2.05) is 0 Å². The molecule has 0 aromatic rings. The van der Waals surface area contributed by atoms with E-state index in [0.29, 0.717) is 28.9 Å². The largest absolute Gasteiger partial charge is 1.00 e. The van der Waals surface area contributed by atoms with Crippen molar-refractivity contribution in [2.75, 3.05) is 39.9 Å². The van der Waals surface area contributed by atoms with Crippen molar-refractivity contribution in [1.82, 2.24) is 0 Å². The Hall–Kier alpha value is -0.430. The molecule has 0 spiro atoms. The maximum atomic E-state index is 11.9. The van der Waals surface area contributed by atoms with E-state index >= 15 is 0 Å². The molecule has 3 saturated carbocycles. The maximum absolute atomic E-state index is 11.9. The summed E-state index contributed by atoms with van der Waals surface area (Å²) < 4.78 is 6.48. The molecule has 8 atom stereocenters. The normalized spacial score (nSPS) is 35.8. The topological polar surface area (TPSA) is 66.8 Å². The molecule has 0 aromatic carbocycles. The van der Waals surface area contributed by atoms with Gasteiger partial charge in [-0.1, -0.05) is 59.5 Å². The van der Waals surface area contributed by atoms with Crippen molar-refractivity contribution in [2.45, 2.75) is 118 Å². The lowest BCUT2D eigenvalue weighted by Gasteiger charge is -2.60. The van der Waals surface area contributed by atoms with Crippen LogP contribution < -0.4 is 17.0 Å².